The smallest absolute Gasteiger partial charge is 0.408 e. The molecule has 0 saturated heterocycles. The highest BCUT2D eigenvalue weighted by molar-refractivity contribution is 5.94. The molecule has 0 saturated carbocycles. The number of hydrogen-bond acceptors (Lipinski definition) is 7. The number of carbonyl (C=O) groups excluding carboxylic acids is 3. The van der Waals surface area contributed by atoms with E-state index in [2.05, 4.69) is 5.32 Å². The SMILES string of the molecule is CC[C@@]1(OC(=O)CNC(=O)OC(C)(C)C)C(=O)CCc2c1cc1n(c2=O)Cc2cc3ccccc3nc2-1. The van der Waals surface area contributed by atoms with Crippen LogP contribution < -0.4 is 10.9 Å². The van der Waals surface area contributed by atoms with E-state index in [1.807, 2.05) is 30.3 Å². The first-order valence-corrected chi connectivity index (χ1v) is 12.4. The van der Waals surface area contributed by atoms with Crippen LogP contribution in [0.1, 0.15) is 57.2 Å². The molecule has 1 aromatic carbocycles. The van der Waals surface area contributed by atoms with Gasteiger partial charge in [-0.1, -0.05) is 25.1 Å². The van der Waals surface area contributed by atoms with E-state index in [1.165, 1.54) is 0 Å². The second-order valence-corrected chi connectivity index (χ2v) is 10.4. The Bertz CT molecular complexity index is 1520. The lowest BCUT2D eigenvalue weighted by atomic mass is 9.76. The zero-order valence-electron chi connectivity index (χ0n) is 21.3. The number of nitrogens with zero attached hydrogens (tertiary/aromatic N) is 2. The van der Waals surface area contributed by atoms with Gasteiger partial charge >= 0.3 is 12.1 Å². The van der Waals surface area contributed by atoms with Crippen LogP contribution in [0.15, 0.2) is 41.2 Å². The van der Waals surface area contributed by atoms with Gasteiger partial charge in [-0.3, -0.25) is 14.4 Å². The van der Waals surface area contributed by atoms with Crippen LogP contribution in [0.2, 0.25) is 0 Å². The molecule has 3 aromatic rings. The van der Waals surface area contributed by atoms with Gasteiger partial charge in [-0.15, -0.1) is 0 Å². The van der Waals surface area contributed by atoms with Gasteiger partial charge in [0.25, 0.3) is 5.56 Å². The molecule has 2 aliphatic rings. The second kappa shape index (κ2) is 8.83. The van der Waals surface area contributed by atoms with E-state index in [0.29, 0.717) is 29.1 Å². The summed E-state index contributed by atoms with van der Waals surface area (Å²) in [5, 5.41) is 3.35. The number of aromatic nitrogens is 2. The lowest BCUT2D eigenvalue weighted by molar-refractivity contribution is -0.169. The van der Waals surface area contributed by atoms with E-state index in [1.54, 1.807) is 38.3 Å². The maximum Gasteiger partial charge on any atom is 0.408 e. The first kappa shape index (κ1) is 24.7. The monoisotopic (exact) mass is 503 g/mol. The third kappa shape index (κ3) is 4.28. The largest absolute Gasteiger partial charge is 0.445 e. The fraction of sp³-hybridized carbons (Fsp3) is 0.393. The van der Waals surface area contributed by atoms with E-state index < -0.39 is 29.8 Å². The van der Waals surface area contributed by atoms with Crippen molar-refractivity contribution in [2.75, 3.05) is 6.54 Å². The van der Waals surface area contributed by atoms with Crippen LogP contribution in [-0.4, -0.2) is 39.5 Å². The number of para-hydroxylation sites is 1. The summed E-state index contributed by atoms with van der Waals surface area (Å²) in [5.41, 5.74) is 1.32. The summed E-state index contributed by atoms with van der Waals surface area (Å²) in [4.78, 5) is 56.5. The number of ketones is 1. The molecule has 1 aliphatic heterocycles. The molecule has 9 nitrogen and oxygen atoms in total. The highest BCUT2D eigenvalue weighted by atomic mass is 16.6. The van der Waals surface area contributed by atoms with Gasteiger partial charge in [-0.25, -0.2) is 9.78 Å². The van der Waals surface area contributed by atoms with Crippen LogP contribution >= 0.6 is 0 Å². The van der Waals surface area contributed by atoms with Crippen LogP contribution in [0.5, 0.6) is 0 Å². The van der Waals surface area contributed by atoms with Crippen molar-refractivity contribution in [3.8, 4) is 11.4 Å². The zero-order valence-corrected chi connectivity index (χ0v) is 21.3. The standard InChI is InChI=1S/C28H29N3O6/c1-5-28(36-23(33)14-29-26(35)37-27(2,3)4)19-13-21-24-17(12-16-8-6-7-9-20(16)30-24)15-31(21)25(34)18(19)10-11-22(28)32/h6-9,12-13H,5,10-11,14-15H2,1-4H3,(H,29,35)/t28-/m0/s1. The number of pyridine rings is 2. The molecule has 0 fully saturated rings. The van der Waals surface area contributed by atoms with E-state index in [-0.39, 0.29) is 30.6 Å². The first-order valence-electron chi connectivity index (χ1n) is 12.4. The van der Waals surface area contributed by atoms with Gasteiger partial charge in [0.1, 0.15) is 12.1 Å². The number of alkyl carbamates (subject to hydrolysis) is 1. The summed E-state index contributed by atoms with van der Waals surface area (Å²) in [5.74, 6) is -1.07. The molecule has 1 amide bonds. The topological polar surface area (TPSA) is 117 Å². The minimum atomic E-state index is -1.62. The molecule has 37 heavy (non-hydrogen) atoms. The van der Waals surface area contributed by atoms with Crippen molar-refractivity contribution in [1.82, 2.24) is 14.9 Å². The number of benzene rings is 1. The van der Waals surface area contributed by atoms with Gasteiger partial charge in [0.15, 0.2) is 11.4 Å². The molecule has 0 spiro atoms. The number of amides is 1. The van der Waals surface area contributed by atoms with Crippen molar-refractivity contribution in [1.29, 1.82) is 0 Å². The van der Waals surface area contributed by atoms with E-state index in [4.69, 9.17) is 14.5 Å². The number of nitrogens with one attached hydrogen (secondary N) is 1. The van der Waals surface area contributed by atoms with Crippen molar-refractivity contribution < 1.29 is 23.9 Å². The summed E-state index contributed by atoms with van der Waals surface area (Å²) in [6, 6.07) is 11.5. The highest BCUT2D eigenvalue weighted by Crippen LogP contribution is 2.41. The average Bonchev–Trinajstić information content (AvgIpc) is 3.20. The van der Waals surface area contributed by atoms with Crippen molar-refractivity contribution in [2.45, 2.75) is 64.7 Å². The number of esters is 1. The normalized spacial score (nSPS) is 18.1. The van der Waals surface area contributed by atoms with Gasteiger partial charge in [0, 0.05) is 28.5 Å². The molecule has 0 unspecified atom stereocenters. The van der Waals surface area contributed by atoms with Crippen LogP contribution in [0.25, 0.3) is 22.3 Å². The Labute approximate surface area is 213 Å². The maximum absolute atomic E-state index is 13.6. The fourth-order valence-corrected chi connectivity index (χ4v) is 5.17. The predicted octanol–water partition coefficient (Wildman–Crippen LogP) is 3.61. The van der Waals surface area contributed by atoms with Crippen molar-refractivity contribution in [2.24, 2.45) is 0 Å². The number of carbonyl (C=O) groups is 3. The Kier molecular flexibility index (Phi) is 5.89. The molecule has 0 bridgehead atoms. The van der Waals surface area contributed by atoms with Gasteiger partial charge in [0.05, 0.1) is 23.4 Å². The van der Waals surface area contributed by atoms with Gasteiger partial charge in [-0.05, 0) is 51.8 Å². The van der Waals surface area contributed by atoms with Crippen molar-refractivity contribution in [3.63, 3.8) is 0 Å². The van der Waals surface area contributed by atoms with E-state index in [0.717, 1.165) is 16.5 Å². The number of ether oxygens (including phenoxy) is 2. The lowest BCUT2D eigenvalue weighted by Gasteiger charge is -2.36. The molecule has 5 rings (SSSR count). The van der Waals surface area contributed by atoms with Gasteiger partial charge in [-0.2, -0.15) is 0 Å². The van der Waals surface area contributed by atoms with E-state index in [9.17, 15) is 19.2 Å². The lowest BCUT2D eigenvalue weighted by Crippen LogP contribution is -2.48. The van der Waals surface area contributed by atoms with Crippen molar-refractivity contribution >= 4 is 28.7 Å². The summed E-state index contributed by atoms with van der Waals surface area (Å²) < 4.78 is 12.6. The van der Waals surface area contributed by atoms with Crippen LogP contribution in [0.3, 0.4) is 0 Å². The van der Waals surface area contributed by atoms with Crippen LogP contribution in [0.4, 0.5) is 4.79 Å². The Balaban J connectivity index is 1.52. The summed E-state index contributed by atoms with van der Waals surface area (Å²) in [6.07, 6.45) is -0.264. The molecule has 1 aliphatic carbocycles. The van der Waals surface area contributed by atoms with Gasteiger partial charge < -0.3 is 19.4 Å². The molecule has 3 heterocycles. The second-order valence-electron chi connectivity index (χ2n) is 10.4. The summed E-state index contributed by atoms with van der Waals surface area (Å²) >= 11 is 0. The van der Waals surface area contributed by atoms with Gasteiger partial charge in [0.2, 0.25) is 0 Å². The zero-order chi connectivity index (χ0) is 26.5. The minimum Gasteiger partial charge on any atom is -0.445 e. The van der Waals surface area contributed by atoms with Crippen molar-refractivity contribution in [3.05, 3.63) is 63.4 Å². The molecular weight excluding hydrogens is 474 g/mol. The van der Waals surface area contributed by atoms with Crippen LogP contribution in [-0.2, 0) is 37.6 Å². The molecule has 1 atom stereocenters. The minimum absolute atomic E-state index is 0.0806. The Morgan fingerprint density at radius 1 is 1.14 bits per heavy atom. The van der Waals surface area contributed by atoms with E-state index >= 15 is 0 Å². The summed E-state index contributed by atoms with van der Waals surface area (Å²) in [6.45, 7) is 6.79. The first-order chi connectivity index (χ1) is 17.5. The molecule has 0 radical (unpaired) electrons. The maximum atomic E-state index is 13.6. The quantitative estimate of drug-likeness (QED) is 0.423. The molecule has 192 valence electrons. The molecule has 2 aromatic heterocycles. The number of hydrogen-bond donors (Lipinski definition) is 1. The fourth-order valence-electron chi connectivity index (χ4n) is 5.17. The number of rotatable bonds is 4. The Morgan fingerprint density at radius 3 is 2.62 bits per heavy atom. The highest BCUT2D eigenvalue weighted by Gasteiger charge is 2.48. The predicted molar refractivity (Wildman–Crippen MR) is 136 cm³/mol. The average molecular weight is 504 g/mol. The Morgan fingerprint density at radius 2 is 1.89 bits per heavy atom. The number of fused-ring (bicyclic) bond motifs is 5. The molecule has 9 heteroatoms. The molecular formula is C28H29N3O6. The third-order valence-corrected chi connectivity index (χ3v) is 6.82. The summed E-state index contributed by atoms with van der Waals surface area (Å²) in [7, 11) is 0. The molecule has 1 N–H and O–H groups in total. The Hall–Kier alpha value is -4.01. The third-order valence-electron chi connectivity index (χ3n) is 6.82. The van der Waals surface area contributed by atoms with Crippen LogP contribution in [0, 0.1) is 0 Å². The number of Topliss-reactive ketones (excluding diaryl/α,β-unsaturated/α-hetero) is 1.